The first-order valence-electron chi connectivity index (χ1n) is 7.74. The quantitative estimate of drug-likeness (QED) is 0.723. The zero-order valence-electron chi connectivity index (χ0n) is 13.4. The van der Waals surface area contributed by atoms with Crippen LogP contribution in [0.3, 0.4) is 0 Å². The molecule has 1 aliphatic heterocycles. The summed E-state index contributed by atoms with van der Waals surface area (Å²) in [5.41, 5.74) is 0. The van der Waals surface area contributed by atoms with Gasteiger partial charge in [0.2, 0.25) is 0 Å². The summed E-state index contributed by atoms with van der Waals surface area (Å²) in [6.07, 6.45) is -0.568. The van der Waals surface area contributed by atoms with Crippen LogP contribution in [-0.2, 0) is 24.2 Å². The number of carbonyl (C=O) groups is 2. The largest absolute Gasteiger partial charge is 0.493 e. The third-order valence-corrected chi connectivity index (χ3v) is 5.34. The van der Waals surface area contributed by atoms with Crippen LogP contribution in [0.4, 0.5) is 0 Å². The molecule has 1 aromatic rings. The van der Waals surface area contributed by atoms with E-state index in [1.54, 1.807) is 12.1 Å². The molecule has 1 N–H and O–H groups in total. The van der Waals surface area contributed by atoms with Crippen LogP contribution in [-0.4, -0.2) is 50.6 Å². The minimum atomic E-state index is -3.07. The molecular weight excluding hydrogens is 334 g/mol. The minimum Gasteiger partial charge on any atom is -0.493 e. The summed E-state index contributed by atoms with van der Waals surface area (Å²) in [5, 5.41) is 2.59. The van der Waals surface area contributed by atoms with Crippen molar-refractivity contribution in [3.63, 3.8) is 0 Å². The van der Waals surface area contributed by atoms with Crippen LogP contribution in [0, 0.1) is 0 Å². The second kappa shape index (κ2) is 8.14. The molecule has 24 heavy (non-hydrogen) atoms. The maximum Gasteiger partial charge on any atom is 0.310 e. The number of amides is 1. The lowest BCUT2D eigenvalue weighted by Crippen LogP contribution is -2.42. The molecule has 0 bridgehead atoms. The zero-order valence-corrected chi connectivity index (χ0v) is 14.3. The Balaban J connectivity index is 1.68. The van der Waals surface area contributed by atoms with Crippen LogP contribution >= 0.6 is 0 Å². The van der Waals surface area contributed by atoms with E-state index in [-0.39, 0.29) is 24.5 Å². The summed E-state index contributed by atoms with van der Waals surface area (Å²) in [5.74, 6) is -0.381. The van der Waals surface area contributed by atoms with Gasteiger partial charge in [0.25, 0.3) is 5.91 Å². The summed E-state index contributed by atoms with van der Waals surface area (Å²) < 4.78 is 33.1. The number of sulfone groups is 1. The zero-order chi connectivity index (χ0) is 17.6. The lowest BCUT2D eigenvalue weighted by molar-refractivity contribution is -0.155. The minimum absolute atomic E-state index is 0.0182. The van der Waals surface area contributed by atoms with Gasteiger partial charge in [0.15, 0.2) is 15.9 Å². The van der Waals surface area contributed by atoms with Gasteiger partial charge in [-0.2, -0.15) is 0 Å². The lowest BCUT2D eigenvalue weighted by Gasteiger charge is -2.16. The highest BCUT2D eigenvalue weighted by molar-refractivity contribution is 7.91. The number of rotatable bonds is 7. The number of esters is 1. The molecule has 0 spiro atoms. The van der Waals surface area contributed by atoms with E-state index in [1.807, 2.05) is 18.2 Å². The number of ether oxygens (including phenoxy) is 2. The molecule has 2 atom stereocenters. The van der Waals surface area contributed by atoms with Crippen molar-refractivity contribution in [3.05, 3.63) is 30.3 Å². The topological polar surface area (TPSA) is 98.8 Å². The maximum absolute atomic E-state index is 11.9. The lowest BCUT2D eigenvalue weighted by atomic mass is 10.2. The fraction of sp³-hybridized carbons (Fsp3) is 0.500. The second-order valence-corrected chi connectivity index (χ2v) is 7.88. The summed E-state index contributed by atoms with van der Waals surface area (Å²) in [6, 6.07) is 8.64. The van der Waals surface area contributed by atoms with E-state index in [9.17, 15) is 18.0 Å². The highest BCUT2D eigenvalue weighted by Gasteiger charge is 2.30. The molecule has 1 fully saturated rings. The van der Waals surface area contributed by atoms with Crippen LogP contribution in [0.15, 0.2) is 30.3 Å². The molecular formula is C16H21NO6S. The maximum atomic E-state index is 11.9. The molecule has 0 unspecified atom stereocenters. The van der Waals surface area contributed by atoms with E-state index >= 15 is 0 Å². The Hall–Kier alpha value is -2.09. The smallest absolute Gasteiger partial charge is 0.310 e. The summed E-state index contributed by atoms with van der Waals surface area (Å²) >= 11 is 0. The van der Waals surface area contributed by atoms with Gasteiger partial charge in [0.05, 0.1) is 24.5 Å². The van der Waals surface area contributed by atoms with Crippen molar-refractivity contribution in [1.82, 2.24) is 5.32 Å². The Morgan fingerprint density at radius 1 is 1.29 bits per heavy atom. The highest BCUT2D eigenvalue weighted by atomic mass is 32.2. The van der Waals surface area contributed by atoms with Gasteiger partial charge in [-0.3, -0.25) is 9.59 Å². The summed E-state index contributed by atoms with van der Waals surface area (Å²) in [7, 11) is -3.07. The number of carbonyl (C=O) groups excluding carboxylic acids is 2. The van der Waals surface area contributed by atoms with Gasteiger partial charge in [-0.15, -0.1) is 0 Å². The highest BCUT2D eigenvalue weighted by Crippen LogP contribution is 2.12. The number of hydrogen-bond donors (Lipinski definition) is 1. The second-order valence-electron chi connectivity index (χ2n) is 5.65. The van der Waals surface area contributed by atoms with Crippen LogP contribution < -0.4 is 10.1 Å². The molecule has 2 rings (SSSR count). The van der Waals surface area contributed by atoms with Gasteiger partial charge in [0.1, 0.15) is 5.75 Å². The van der Waals surface area contributed by atoms with Gasteiger partial charge < -0.3 is 14.8 Å². The predicted octanol–water partition coefficient (Wildman–Crippen LogP) is 0.691. The third kappa shape index (κ3) is 5.84. The number of nitrogens with one attached hydrogen (secondary N) is 1. The predicted molar refractivity (Wildman–Crippen MR) is 87.3 cm³/mol. The van der Waals surface area contributed by atoms with E-state index in [1.165, 1.54) is 6.92 Å². The first-order chi connectivity index (χ1) is 11.4. The molecule has 1 heterocycles. The van der Waals surface area contributed by atoms with Gasteiger partial charge >= 0.3 is 5.97 Å². The van der Waals surface area contributed by atoms with Crippen LogP contribution in [0.5, 0.6) is 5.75 Å². The SMILES string of the molecule is C[C@H](OC(=O)CCOc1ccccc1)C(=O)N[C@@H]1CCS(=O)(=O)C1. The van der Waals surface area contributed by atoms with Crippen LogP contribution in [0.1, 0.15) is 19.8 Å². The first kappa shape index (κ1) is 18.3. The van der Waals surface area contributed by atoms with E-state index in [4.69, 9.17) is 9.47 Å². The monoisotopic (exact) mass is 355 g/mol. The molecule has 1 aromatic carbocycles. The summed E-state index contributed by atoms with van der Waals surface area (Å²) in [4.78, 5) is 23.6. The molecule has 0 aromatic heterocycles. The Kier molecular flexibility index (Phi) is 6.19. The fourth-order valence-corrected chi connectivity index (χ4v) is 3.98. The molecule has 1 amide bonds. The Morgan fingerprint density at radius 2 is 2.00 bits per heavy atom. The van der Waals surface area contributed by atoms with Crippen molar-refractivity contribution >= 4 is 21.7 Å². The Labute approximate surface area is 141 Å². The number of para-hydroxylation sites is 1. The van der Waals surface area contributed by atoms with Crippen molar-refractivity contribution in [3.8, 4) is 5.75 Å². The molecule has 8 heteroatoms. The van der Waals surface area contributed by atoms with Gasteiger partial charge in [-0.05, 0) is 25.5 Å². The van der Waals surface area contributed by atoms with E-state index in [0.717, 1.165) is 0 Å². The van der Waals surface area contributed by atoms with E-state index in [0.29, 0.717) is 12.2 Å². The molecule has 0 saturated carbocycles. The normalized spacial score (nSPS) is 20.1. The van der Waals surface area contributed by atoms with Gasteiger partial charge in [0, 0.05) is 6.04 Å². The standard InChI is InChI=1S/C16H21NO6S/c1-12(16(19)17-13-8-10-24(20,21)11-13)23-15(18)7-9-22-14-5-3-2-4-6-14/h2-6,12-13H,7-11H2,1H3,(H,17,19)/t12-,13+/m0/s1. The van der Waals surface area contributed by atoms with E-state index < -0.39 is 33.9 Å². The molecule has 0 aliphatic carbocycles. The average molecular weight is 355 g/mol. The molecule has 1 saturated heterocycles. The third-order valence-electron chi connectivity index (χ3n) is 3.57. The van der Waals surface area contributed by atoms with E-state index in [2.05, 4.69) is 5.32 Å². The molecule has 7 nitrogen and oxygen atoms in total. The van der Waals surface area contributed by atoms with Crippen molar-refractivity contribution in [2.24, 2.45) is 0 Å². The van der Waals surface area contributed by atoms with Crippen LogP contribution in [0.25, 0.3) is 0 Å². The molecule has 1 aliphatic rings. The number of hydrogen-bond acceptors (Lipinski definition) is 6. The van der Waals surface area contributed by atoms with Gasteiger partial charge in [-0.1, -0.05) is 18.2 Å². The number of benzene rings is 1. The van der Waals surface area contributed by atoms with Crippen molar-refractivity contribution in [2.75, 3.05) is 18.1 Å². The van der Waals surface area contributed by atoms with Crippen LogP contribution in [0.2, 0.25) is 0 Å². The average Bonchev–Trinajstić information content (AvgIpc) is 2.87. The van der Waals surface area contributed by atoms with Crippen molar-refractivity contribution < 1.29 is 27.5 Å². The summed E-state index contributed by atoms with van der Waals surface area (Å²) in [6.45, 7) is 1.60. The Morgan fingerprint density at radius 3 is 2.62 bits per heavy atom. The first-order valence-corrected chi connectivity index (χ1v) is 9.56. The molecule has 0 radical (unpaired) electrons. The van der Waals surface area contributed by atoms with Gasteiger partial charge in [-0.25, -0.2) is 8.42 Å². The van der Waals surface area contributed by atoms with Crippen molar-refractivity contribution in [2.45, 2.75) is 31.9 Å². The van der Waals surface area contributed by atoms with Crippen molar-refractivity contribution in [1.29, 1.82) is 0 Å². The Bertz CT molecular complexity index is 673. The molecule has 132 valence electrons. The fourth-order valence-electron chi connectivity index (χ4n) is 2.31.